The fraction of sp³-hybridized carbons (Fsp3) is 0.188. The maximum Gasteiger partial charge on any atom is 0.416 e. The standard InChI is InChI=1S/C16H13ClF3N3O5/c1-27-8-15(24)22-21-12-7-10(3-4-13(12)23(25)26)28-14-5-2-9(6-11(14)17)16(18,19)20/h2-7,21H,8H2,1H3,(H,22,24). The van der Waals surface area contributed by atoms with Crippen molar-refractivity contribution in [3.05, 3.63) is 57.1 Å². The number of nitrogens with one attached hydrogen (secondary N) is 2. The van der Waals surface area contributed by atoms with E-state index in [1.165, 1.54) is 19.2 Å². The van der Waals surface area contributed by atoms with E-state index in [2.05, 4.69) is 15.6 Å². The summed E-state index contributed by atoms with van der Waals surface area (Å²) < 4.78 is 48.1. The number of halogens is 4. The summed E-state index contributed by atoms with van der Waals surface area (Å²) in [5.74, 6) is -0.637. The van der Waals surface area contributed by atoms with Crippen molar-refractivity contribution in [2.24, 2.45) is 0 Å². The summed E-state index contributed by atoms with van der Waals surface area (Å²) in [4.78, 5) is 21.8. The van der Waals surface area contributed by atoms with Gasteiger partial charge in [0.25, 0.3) is 11.6 Å². The van der Waals surface area contributed by atoms with Crippen molar-refractivity contribution >= 4 is 28.9 Å². The van der Waals surface area contributed by atoms with E-state index in [4.69, 9.17) is 16.3 Å². The molecule has 28 heavy (non-hydrogen) atoms. The fourth-order valence-corrected chi connectivity index (χ4v) is 2.25. The number of rotatable bonds is 7. The van der Waals surface area contributed by atoms with Crippen LogP contribution in [0, 0.1) is 10.1 Å². The molecule has 1 amide bonds. The van der Waals surface area contributed by atoms with Crippen molar-refractivity contribution in [1.29, 1.82) is 0 Å². The number of nitro benzene ring substituents is 1. The van der Waals surface area contributed by atoms with Gasteiger partial charge in [0.1, 0.15) is 23.8 Å². The molecule has 0 fully saturated rings. The first-order chi connectivity index (χ1) is 13.1. The zero-order valence-electron chi connectivity index (χ0n) is 14.2. The van der Waals surface area contributed by atoms with Crippen LogP contribution in [-0.2, 0) is 15.7 Å². The first-order valence-corrected chi connectivity index (χ1v) is 7.86. The molecule has 8 nitrogen and oxygen atoms in total. The highest BCUT2D eigenvalue weighted by Gasteiger charge is 2.31. The maximum atomic E-state index is 12.7. The minimum Gasteiger partial charge on any atom is -0.456 e. The highest BCUT2D eigenvalue weighted by molar-refractivity contribution is 6.32. The number of benzene rings is 2. The Balaban J connectivity index is 2.25. The Morgan fingerprint density at radius 1 is 1.25 bits per heavy atom. The molecule has 0 heterocycles. The lowest BCUT2D eigenvalue weighted by Gasteiger charge is -2.13. The zero-order valence-corrected chi connectivity index (χ0v) is 14.9. The summed E-state index contributed by atoms with van der Waals surface area (Å²) in [5, 5.41) is 10.8. The molecule has 0 aliphatic carbocycles. The lowest BCUT2D eigenvalue weighted by atomic mass is 10.2. The van der Waals surface area contributed by atoms with E-state index in [0.29, 0.717) is 6.07 Å². The second-order valence-corrected chi connectivity index (χ2v) is 5.69. The highest BCUT2D eigenvalue weighted by Crippen LogP contribution is 2.37. The number of carbonyl (C=O) groups excluding carboxylic acids is 1. The van der Waals surface area contributed by atoms with E-state index in [0.717, 1.165) is 18.2 Å². The molecule has 0 saturated carbocycles. The van der Waals surface area contributed by atoms with Crippen LogP contribution in [0.2, 0.25) is 5.02 Å². The van der Waals surface area contributed by atoms with Crippen molar-refractivity contribution in [2.75, 3.05) is 19.1 Å². The third kappa shape index (κ3) is 5.47. The molecule has 2 rings (SSSR count). The molecule has 2 N–H and O–H groups in total. The van der Waals surface area contributed by atoms with Gasteiger partial charge in [-0.05, 0) is 24.3 Å². The van der Waals surface area contributed by atoms with Crippen LogP contribution < -0.4 is 15.6 Å². The van der Waals surface area contributed by atoms with Crippen molar-refractivity contribution < 1.29 is 32.4 Å². The van der Waals surface area contributed by atoms with E-state index in [9.17, 15) is 28.1 Å². The van der Waals surface area contributed by atoms with E-state index in [-0.39, 0.29) is 34.5 Å². The van der Waals surface area contributed by atoms with Crippen LogP contribution in [0.25, 0.3) is 0 Å². The van der Waals surface area contributed by atoms with Gasteiger partial charge < -0.3 is 9.47 Å². The molecule has 0 atom stereocenters. The van der Waals surface area contributed by atoms with E-state index >= 15 is 0 Å². The SMILES string of the molecule is COCC(=O)NNc1cc(Oc2ccc(C(F)(F)F)cc2Cl)ccc1[N+](=O)[O-]. The molecular weight excluding hydrogens is 407 g/mol. The number of amides is 1. The largest absolute Gasteiger partial charge is 0.456 e. The first-order valence-electron chi connectivity index (χ1n) is 7.48. The number of anilines is 1. The topological polar surface area (TPSA) is 103 Å². The van der Waals surface area contributed by atoms with Crippen molar-refractivity contribution in [1.82, 2.24) is 5.43 Å². The molecule has 2 aromatic carbocycles. The van der Waals surface area contributed by atoms with E-state index < -0.39 is 22.6 Å². The van der Waals surface area contributed by atoms with Gasteiger partial charge in [-0.25, -0.2) is 0 Å². The smallest absolute Gasteiger partial charge is 0.416 e. The van der Waals surface area contributed by atoms with Crippen LogP contribution in [0.1, 0.15) is 5.56 Å². The van der Waals surface area contributed by atoms with E-state index in [1.807, 2.05) is 0 Å². The van der Waals surface area contributed by atoms with Crippen LogP contribution in [0.4, 0.5) is 24.5 Å². The lowest BCUT2D eigenvalue weighted by molar-refractivity contribution is -0.384. The number of alkyl halides is 3. The molecule has 150 valence electrons. The molecule has 0 aliphatic heterocycles. The van der Waals surface area contributed by atoms with Gasteiger partial charge in [0.15, 0.2) is 0 Å². The number of methoxy groups -OCH3 is 1. The van der Waals surface area contributed by atoms with Crippen LogP contribution in [0.3, 0.4) is 0 Å². The van der Waals surface area contributed by atoms with Gasteiger partial charge in [-0.15, -0.1) is 0 Å². The number of hydrogen-bond acceptors (Lipinski definition) is 6. The van der Waals surface area contributed by atoms with Gasteiger partial charge in [-0.2, -0.15) is 13.2 Å². The average Bonchev–Trinajstić information content (AvgIpc) is 2.61. The summed E-state index contributed by atoms with van der Waals surface area (Å²) in [5.41, 5.74) is 3.13. The second kappa shape index (κ2) is 8.76. The second-order valence-electron chi connectivity index (χ2n) is 5.29. The molecule has 2 aromatic rings. The average molecular weight is 420 g/mol. The number of ether oxygens (including phenoxy) is 2. The lowest BCUT2D eigenvalue weighted by Crippen LogP contribution is -2.32. The van der Waals surface area contributed by atoms with Crippen LogP contribution in [0.5, 0.6) is 11.5 Å². The summed E-state index contributed by atoms with van der Waals surface area (Å²) in [6, 6.07) is 6.02. The Bertz CT molecular complexity index is 892. The van der Waals surface area contributed by atoms with Crippen molar-refractivity contribution in [3.8, 4) is 11.5 Å². The molecule has 12 heteroatoms. The van der Waals surface area contributed by atoms with Crippen LogP contribution in [0.15, 0.2) is 36.4 Å². The molecule has 0 aromatic heterocycles. The maximum absolute atomic E-state index is 12.7. The van der Waals surface area contributed by atoms with Crippen LogP contribution >= 0.6 is 11.6 Å². The van der Waals surface area contributed by atoms with Crippen molar-refractivity contribution in [3.63, 3.8) is 0 Å². The predicted molar refractivity (Wildman–Crippen MR) is 93.3 cm³/mol. The van der Waals surface area contributed by atoms with E-state index in [1.54, 1.807) is 0 Å². The molecule has 0 spiro atoms. The number of nitrogens with zero attached hydrogens (tertiary/aromatic N) is 1. The van der Waals surface area contributed by atoms with Gasteiger partial charge >= 0.3 is 6.18 Å². The normalized spacial score (nSPS) is 11.0. The molecule has 0 unspecified atom stereocenters. The molecule has 0 aliphatic rings. The Morgan fingerprint density at radius 3 is 2.54 bits per heavy atom. The minimum absolute atomic E-state index is 0.0377. The third-order valence-corrected chi connectivity index (χ3v) is 3.56. The van der Waals surface area contributed by atoms with Gasteiger partial charge in [0.2, 0.25) is 0 Å². The Kier molecular flexibility index (Phi) is 6.65. The zero-order chi connectivity index (χ0) is 20.9. The molecule has 0 saturated heterocycles. The van der Waals surface area contributed by atoms with Crippen LogP contribution in [-0.4, -0.2) is 24.5 Å². The summed E-state index contributed by atoms with van der Waals surface area (Å²) in [7, 11) is 1.30. The first kappa shape index (κ1) is 21.3. The monoisotopic (exact) mass is 419 g/mol. The summed E-state index contributed by atoms with van der Waals surface area (Å²) >= 11 is 5.82. The Hall–Kier alpha value is -3.05. The number of nitro groups is 1. The third-order valence-electron chi connectivity index (χ3n) is 3.26. The number of carbonyl (C=O) groups is 1. The number of hydrogen-bond donors (Lipinski definition) is 2. The minimum atomic E-state index is -4.56. The highest BCUT2D eigenvalue weighted by atomic mass is 35.5. The van der Waals surface area contributed by atoms with Gasteiger partial charge in [-0.3, -0.25) is 25.8 Å². The molecular formula is C16H13ClF3N3O5. The number of hydrazine groups is 1. The molecule has 0 radical (unpaired) electrons. The Morgan fingerprint density at radius 2 is 1.96 bits per heavy atom. The molecule has 0 bridgehead atoms. The fourth-order valence-electron chi connectivity index (χ4n) is 2.03. The predicted octanol–water partition coefficient (Wildman–Crippen LogP) is 4.15. The van der Waals surface area contributed by atoms with Gasteiger partial charge in [0, 0.05) is 19.2 Å². The van der Waals surface area contributed by atoms with Crippen molar-refractivity contribution in [2.45, 2.75) is 6.18 Å². The summed E-state index contributed by atoms with van der Waals surface area (Å²) in [6.45, 7) is -0.280. The Labute approximate surface area is 161 Å². The summed E-state index contributed by atoms with van der Waals surface area (Å²) in [6.07, 6.45) is -4.56. The quantitative estimate of drug-likeness (QED) is 0.516. The van der Waals surface area contributed by atoms with Gasteiger partial charge in [-0.1, -0.05) is 11.6 Å². The van der Waals surface area contributed by atoms with Gasteiger partial charge in [0.05, 0.1) is 15.5 Å².